The Kier molecular flexibility index (Phi) is 3.40. The summed E-state index contributed by atoms with van der Waals surface area (Å²) in [5, 5.41) is 5.31. The van der Waals surface area contributed by atoms with Crippen molar-refractivity contribution in [3.8, 4) is 11.3 Å². The van der Waals surface area contributed by atoms with Gasteiger partial charge in [0.2, 0.25) is 5.91 Å². The van der Waals surface area contributed by atoms with Gasteiger partial charge in [-0.3, -0.25) is 4.79 Å². The van der Waals surface area contributed by atoms with E-state index in [2.05, 4.69) is 33.5 Å². The Hall–Kier alpha value is -2.90. The maximum atomic E-state index is 13.1. The van der Waals surface area contributed by atoms with Crippen LogP contribution in [0.1, 0.15) is 68.5 Å². The van der Waals surface area contributed by atoms with Crippen LogP contribution in [-0.2, 0) is 17.9 Å². The van der Waals surface area contributed by atoms with Gasteiger partial charge in [-0.25, -0.2) is 9.97 Å². The van der Waals surface area contributed by atoms with E-state index in [4.69, 9.17) is 10.3 Å². The fourth-order valence-electron chi connectivity index (χ4n) is 4.68. The Morgan fingerprint density at radius 1 is 1.21 bits per heavy atom. The summed E-state index contributed by atoms with van der Waals surface area (Å²) < 4.78 is 8.01. The fourth-order valence-corrected chi connectivity index (χ4v) is 4.68. The lowest BCUT2D eigenvalue weighted by Gasteiger charge is -2.23. The van der Waals surface area contributed by atoms with Crippen molar-refractivity contribution >= 4 is 22.8 Å². The van der Waals surface area contributed by atoms with E-state index in [-0.39, 0.29) is 17.9 Å². The monoisotopic (exact) mass is 392 g/mol. The molecule has 0 unspecified atom stereocenters. The normalized spacial score (nSPS) is 18.8. The smallest absolute Gasteiger partial charge is 0.226 e. The van der Waals surface area contributed by atoms with Crippen LogP contribution in [0.5, 0.6) is 0 Å². The molecule has 29 heavy (non-hydrogen) atoms. The molecule has 8 nitrogen and oxygen atoms in total. The van der Waals surface area contributed by atoms with Gasteiger partial charge in [0.25, 0.3) is 0 Å². The van der Waals surface area contributed by atoms with Crippen LogP contribution < -0.4 is 5.73 Å². The molecule has 0 aromatic carbocycles. The second-order valence-corrected chi connectivity index (χ2v) is 8.86. The summed E-state index contributed by atoms with van der Waals surface area (Å²) >= 11 is 0. The zero-order chi connectivity index (χ0) is 19.9. The molecule has 1 aliphatic heterocycles. The standard InChI is InChI=1S/C21H24N6O2/c1-10(2)27-14-8-26(21(28)12-5-6-12)7-13-17(25-29-18(13)11-3-4-11)15(14)16-19(22)23-9-24-20(16)27/h9-12H,3-8H2,1-2H3,(H2,22,23,24). The Balaban J connectivity index is 1.66. The first-order valence-corrected chi connectivity index (χ1v) is 10.5. The number of carbonyl (C=O) groups excluding carboxylic acids is 1. The lowest BCUT2D eigenvalue weighted by Crippen LogP contribution is -2.31. The van der Waals surface area contributed by atoms with Crippen LogP contribution in [0.15, 0.2) is 10.9 Å². The number of hydrogen-bond acceptors (Lipinski definition) is 6. The highest BCUT2D eigenvalue weighted by atomic mass is 16.5. The highest BCUT2D eigenvalue weighted by Gasteiger charge is 2.41. The highest BCUT2D eigenvalue weighted by molar-refractivity contribution is 6.02. The maximum Gasteiger partial charge on any atom is 0.226 e. The molecule has 3 aromatic heterocycles. The quantitative estimate of drug-likeness (QED) is 0.733. The number of hydrogen-bond donors (Lipinski definition) is 1. The molecule has 2 N–H and O–H groups in total. The molecule has 2 aliphatic carbocycles. The Labute approximate surface area is 168 Å². The predicted molar refractivity (Wildman–Crippen MR) is 107 cm³/mol. The molecule has 8 heteroatoms. The first-order chi connectivity index (χ1) is 14.0. The van der Waals surface area contributed by atoms with E-state index in [1.54, 1.807) is 0 Å². The topological polar surface area (TPSA) is 103 Å². The van der Waals surface area contributed by atoms with Crippen LogP contribution in [0, 0.1) is 5.92 Å². The lowest BCUT2D eigenvalue weighted by atomic mass is 10.0. The molecular weight excluding hydrogens is 368 g/mol. The van der Waals surface area contributed by atoms with E-state index in [1.807, 2.05) is 4.90 Å². The molecule has 0 atom stereocenters. The Bertz CT molecular complexity index is 1150. The van der Waals surface area contributed by atoms with Crippen molar-refractivity contribution in [1.82, 2.24) is 24.6 Å². The first kappa shape index (κ1) is 17.0. The Morgan fingerprint density at radius 3 is 2.69 bits per heavy atom. The van der Waals surface area contributed by atoms with Gasteiger partial charge in [-0.2, -0.15) is 0 Å². The maximum absolute atomic E-state index is 13.1. The van der Waals surface area contributed by atoms with Crippen molar-refractivity contribution in [3.63, 3.8) is 0 Å². The van der Waals surface area contributed by atoms with Crippen molar-refractivity contribution in [2.45, 2.75) is 64.6 Å². The van der Waals surface area contributed by atoms with Gasteiger partial charge in [0.15, 0.2) is 0 Å². The summed E-state index contributed by atoms with van der Waals surface area (Å²) in [4.78, 5) is 23.9. The SMILES string of the molecule is CC(C)n1c2c(c3c(N)ncnc31)-c1noc(C3CC3)c1CN(C(=O)C1CC1)C2. The van der Waals surface area contributed by atoms with Crippen molar-refractivity contribution in [2.24, 2.45) is 5.92 Å². The van der Waals surface area contributed by atoms with Crippen molar-refractivity contribution in [1.29, 1.82) is 0 Å². The average molecular weight is 392 g/mol. The number of carbonyl (C=O) groups is 1. The number of amides is 1. The van der Waals surface area contributed by atoms with Gasteiger partial charge >= 0.3 is 0 Å². The second-order valence-electron chi connectivity index (χ2n) is 8.86. The number of nitrogens with zero attached hydrogens (tertiary/aromatic N) is 5. The van der Waals surface area contributed by atoms with Gasteiger partial charge < -0.3 is 19.7 Å². The molecule has 3 aliphatic rings. The van der Waals surface area contributed by atoms with Gasteiger partial charge in [0.05, 0.1) is 18.5 Å². The third-order valence-electron chi connectivity index (χ3n) is 6.36. The molecule has 1 amide bonds. The number of fused-ring (bicyclic) bond motifs is 5. The first-order valence-electron chi connectivity index (χ1n) is 10.5. The van der Waals surface area contributed by atoms with Gasteiger partial charge in [-0.1, -0.05) is 5.16 Å². The fraction of sp³-hybridized carbons (Fsp3) is 0.524. The minimum absolute atomic E-state index is 0.157. The van der Waals surface area contributed by atoms with E-state index >= 15 is 0 Å². The van der Waals surface area contributed by atoms with Gasteiger partial charge in [0, 0.05) is 34.7 Å². The number of aromatic nitrogens is 4. The molecule has 6 rings (SSSR count). The summed E-state index contributed by atoms with van der Waals surface area (Å²) in [6, 6.07) is 0.157. The molecule has 2 saturated carbocycles. The third-order valence-corrected chi connectivity index (χ3v) is 6.36. The summed E-state index contributed by atoms with van der Waals surface area (Å²) in [6.07, 6.45) is 5.70. The highest BCUT2D eigenvalue weighted by Crippen LogP contribution is 2.48. The van der Waals surface area contributed by atoms with Crippen LogP contribution in [-0.4, -0.2) is 30.5 Å². The summed E-state index contributed by atoms with van der Waals surface area (Å²) in [7, 11) is 0. The molecule has 150 valence electrons. The van der Waals surface area contributed by atoms with Crippen molar-refractivity contribution in [3.05, 3.63) is 23.3 Å². The van der Waals surface area contributed by atoms with E-state index in [1.165, 1.54) is 6.33 Å². The molecule has 0 saturated heterocycles. The van der Waals surface area contributed by atoms with E-state index in [9.17, 15) is 4.79 Å². The molecule has 2 fully saturated rings. The van der Waals surface area contributed by atoms with E-state index in [0.29, 0.717) is 24.8 Å². The molecule has 4 heterocycles. The molecule has 0 bridgehead atoms. The number of anilines is 1. The molecule has 0 radical (unpaired) electrons. The van der Waals surface area contributed by atoms with Gasteiger partial charge in [-0.05, 0) is 39.5 Å². The van der Waals surface area contributed by atoms with Gasteiger partial charge in [0.1, 0.15) is 29.2 Å². The van der Waals surface area contributed by atoms with E-state index < -0.39 is 0 Å². The molecule has 0 spiro atoms. The molecular formula is C21H24N6O2. The summed E-state index contributed by atoms with van der Waals surface area (Å²) in [5.41, 5.74) is 10.9. The predicted octanol–water partition coefficient (Wildman–Crippen LogP) is 3.38. The van der Waals surface area contributed by atoms with Crippen LogP contribution >= 0.6 is 0 Å². The van der Waals surface area contributed by atoms with Gasteiger partial charge in [-0.15, -0.1) is 0 Å². The van der Waals surface area contributed by atoms with E-state index in [0.717, 1.165) is 65.0 Å². The third kappa shape index (κ3) is 2.44. The zero-order valence-corrected chi connectivity index (χ0v) is 16.7. The van der Waals surface area contributed by atoms with Crippen LogP contribution in [0.3, 0.4) is 0 Å². The number of nitrogen functional groups attached to an aromatic ring is 1. The molecule has 3 aromatic rings. The zero-order valence-electron chi connectivity index (χ0n) is 16.7. The van der Waals surface area contributed by atoms with Crippen LogP contribution in [0.25, 0.3) is 22.3 Å². The minimum atomic E-state index is 0.157. The van der Waals surface area contributed by atoms with Crippen molar-refractivity contribution in [2.75, 3.05) is 5.73 Å². The van der Waals surface area contributed by atoms with Crippen molar-refractivity contribution < 1.29 is 9.32 Å². The van der Waals surface area contributed by atoms with Crippen LogP contribution in [0.4, 0.5) is 5.82 Å². The minimum Gasteiger partial charge on any atom is -0.383 e. The largest absolute Gasteiger partial charge is 0.383 e. The number of nitrogens with two attached hydrogens (primary N) is 1. The van der Waals surface area contributed by atoms with Crippen LogP contribution in [0.2, 0.25) is 0 Å². The lowest BCUT2D eigenvalue weighted by molar-refractivity contribution is -0.133. The Morgan fingerprint density at radius 2 is 2.00 bits per heavy atom. The summed E-state index contributed by atoms with van der Waals surface area (Å²) in [5.74, 6) is 2.17. The average Bonchev–Trinajstić information content (AvgIpc) is 3.61. The summed E-state index contributed by atoms with van der Waals surface area (Å²) in [6.45, 7) is 5.31. The second kappa shape index (κ2) is 5.81. The number of rotatable bonds is 3.